The van der Waals surface area contributed by atoms with Crippen LogP contribution in [-0.4, -0.2) is 22.8 Å². The number of aromatic nitrogens is 1. The van der Waals surface area contributed by atoms with Crippen molar-refractivity contribution >= 4 is 5.97 Å². The van der Waals surface area contributed by atoms with Crippen LogP contribution in [-0.2, 0) is 11.0 Å². The SMILES string of the molecule is CCCOc1ccc(-c2cc(C(C)C(=O)O)on2)c(C(F)(F)F)c1. The van der Waals surface area contributed by atoms with E-state index in [1.807, 2.05) is 6.92 Å². The summed E-state index contributed by atoms with van der Waals surface area (Å²) in [4.78, 5) is 10.9. The van der Waals surface area contributed by atoms with Gasteiger partial charge < -0.3 is 14.4 Å². The third kappa shape index (κ3) is 3.87. The van der Waals surface area contributed by atoms with Gasteiger partial charge in [0.1, 0.15) is 17.4 Å². The number of hydrogen-bond acceptors (Lipinski definition) is 4. The summed E-state index contributed by atoms with van der Waals surface area (Å²) in [5.74, 6) is -2.07. The average molecular weight is 343 g/mol. The van der Waals surface area contributed by atoms with Crippen molar-refractivity contribution in [2.45, 2.75) is 32.4 Å². The quantitative estimate of drug-likeness (QED) is 0.845. The molecular formula is C16H16F3NO4. The van der Waals surface area contributed by atoms with Gasteiger partial charge in [-0.1, -0.05) is 12.1 Å². The summed E-state index contributed by atoms with van der Waals surface area (Å²) in [6.45, 7) is 3.51. The highest BCUT2D eigenvalue weighted by Crippen LogP contribution is 2.39. The number of benzene rings is 1. The highest BCUT2D eigenvalue weighted by Gasteiger charge is 2.35. The maximum Gasteiger partial charge on any atom is 0.417 e. The largest absolute Gasteiger partial charge is 0.494 e. The van der Waals surface area contributed by atoms with Gasteiger partial charge in [-0.25, -0.2) is 0 Å². The van der Waals surface area contributed by atoms with Crippen molar-refractivity contribution in [1.82, 2.24) is 5.16 Å². The molecule has 1 N–H and O–H groups in total. The summed E-state index contributed by atoms with van der Waals surface area (Å²) in [5.41, 5.74) is -1.19. The summed E-state index contributed by atoms with van der Waals surface area (Å²) in [5, 5.41) is 12.5. The number of hydrogen-bond donors (Lipinski definition) is 1. The Balaban J connectivity index is 2.44. The van der Waals surface area contributed by atoms with Gasteiger partial charge in [0, 0.05) is 11.6 Å². The normalized spacial score (nSPS) is 12.9. The topological polar surface area (TPSA) is 72.6 Å². The molecule has 0 amide bonds. The molecule has 8 heteroatoms. The number of aliphatic carboxylic acids is 1. The first-order valence-electron chi connectivity index (χ1n) is 7.27. The van der Waals surface area contributed by atoms with Crippen molar-refractivity contribution in [1.29, 1.82) is 0 Å². The van der Waals surface area contributed by atoms with Crippen molar-refractivity contribution in [3.63, 3.8) is 0 Å². The van der Waals surface area contributed by atoms with Crippen LogP contribution in [0.25, 0.3) is 11.3 Å². The molecule has 130 valence electrons. The van der Waals surface area contributed by atoms with Gasteiger partial charge >= 0.3 is 12.1 Å². The number of halogens is 3. The van der Waals surface area contributed by atoms with Crippen LogP contribution in [0.1, 0.15) is 37.5 Å². The van der Waals surface area contributed by atoms with Gasteiger partial charge in [-0.3, -0.25) is 4.79 Å². The molecule has 0 aliphatic heterocycles. The molecule has 1 unspecified atom stereocenters. The summed E-state index contributed by atoms with van der Waals surface area (Å²) >= 11 is 0. The van der Waals surface area contributed by atoms with Gasteiger partial charge in [0.2, 0.25) is 0 Å². The van der Waals surface area contributed by atoms with E-state index in [1.54, 1.807) is 0 Å². The molecule has 1 heterocycles. The lowest BCUT2D eigenvalue weighted by atomic mass is 10.0. The first kappa shape index (κ1) is 17.8. The van der Waals surface area contributed by atoms with Crippen LogP contribution in [0.15, 0.2) is 28.8 Å². The molecule has 5 nitrogen and oxygen atoms in total. The summed E-state index contributed by atoms with van der Waals surface area (Å²) < 4.78 is 50.1. The fourth-order valence-corrected chi connectivity index (χ4v) is 2.03. The van der Waals surface area contributed by atoms with E-state index in [-0.39, 0.29) is 22.8 Å². The van der Waals surface area contributed by atoms with Crippen LogP contribution in [0.3, 0.4) is 0 Å². The van der Waals surface area contributed by atoms with Crippen LogP contribution < -0.4 is 4.74 Å². The Morgan fingerprint density at radius 2 is 2.08 bits per heavy atom. The molecule has 1 aromatic carbocycles. The molecule has 0 spiro atoms. The summed E-state index contributed by atoms with van der Waals surface area (Å²) in [7, 11) is 0. The Morgan fingerprint density at radius 1 is 1.38 bits per heavy atom. The van der Waals surface area contributed by atoms with Gasteiger partial charge in [-0.2, -0.15) is 13.2 Å². The van der Waals surface area contributed by atoms with Gasteiger partial charge in [0.25, 0.3) is 0 Å². The molecule has 0 bridgehead atoms. The molecule has 2 rings (SSSR count). The predicted octanol–water partition coefficient (Wildman–Crippen LogP) is 4.34. The molecule has 0 saturated carbocycles. The molecule has 2 aromatic rings. The Labute approximate surface area is 136 Å². The van der Waals surface area contributed by atoms with Gasteiger partial charge in [-0.15, -0.1) is 0 Å². The first-order chi connectivity index (χ1) is 11.2. The number of nitrogens with zero attached hydrogens (tertiary/aromatic N) is 1. The van der Waals surface area contributed by atoms with E-state index in [4.69, 9.17) is 14.4 Å². The lowest BCUT2D eigenvalue weighted by molar-refractivity contribution is -0.139. The molecule has 0 aliphatic rings. The fraction of sp³-hybridized carbons (Fsp3) is 0.375. The zero-order valence-electron chi connectivity index (χ0n) is 13.1. The smallest absolute Gasteiger partial charge is 0.417 e. The second-order valence-corrected chi connectivity index (χ2v) is 5.23. The van der Waals surface area contributed by atoms with E-state index in [0.717, 1.165) is 6.07 Å². The minimum atomic E-state index is -4.61. The molecule has 0 fully saturated rings. The van der Waals surface area contributed by atoms with Crippen molar-refractivity contribution in [2.75, 3.05) is 6.61 Å². The maximum atomic E-state index is 13.3. The maximum absolute atomic E-state index is 13.3. The van der Waals surface area contributed by atoms with Crippen LogP contribution >= 0.6 is 0 Å². The summed E-state index contributed by atoms with van der Waals surface area (Å²) in [6, 6.07) is 4.76. The fourth-order valence-electron chi connectivity index (χ4n) is 2.03. The Hall–Kier alpha value is -2.51. The van der Waals surface area contributed by atoms with Crippen molar-refractivity contribution in [3.05, 3.63) is 35.6 Å². The highest BCUT2D eigenvalue weighted by atomic mass is 19.4. The van der Waals surface area contributed by atoms with Crippen LogP contribution in [0.2, 0.25) is 0 Å². The molecule has 1 aromatic heterocycles. The van der Waals surface area contributed by atoms with Gasteiger partial charge in [0.15, 0.2) is 5.76 Å². The number of alkyl halides is 3. The number of carboxylic acids is 1. The Morgan fingerprint density at radius 3 is 2.67 bits per heavy atom. The van der Waals surface area contributed by atoms with Gasteiger partial charge in [-0.05, 0) is 31.5 Å². The highest BCUT2D eigenvalue weighted by molar-refractivity contribution is 5.75. The minimum Gasteiger partial charge on any atom is -0.494 e. The first-order valence-corrected chi connectivity index (χ1v) is 7.27. The summed E-state index contributed by atoms with van der Waals surface area (Å²) in [6.07, 6.45) is -3.94. The molecule has 0 radical (unpaired) electrons. The van der Waals surface area contributed by atoms with E-state index in [0.29, 0.717) is 13.0 Å². The molecule has 0 saturated heterocycles. The van der Waals surface area contributed by atoms with Crippen molar-refractivity contribution in [3.8, 4) is 17.0 Å². The van der Waals surface area contributed by atoms with E-state index in [1.165, 1.54) is 25.1 Å². The predicted molar refractivity (Wildman–Crippen MR) is 78.8 cm³/mol. The Kier molecular flexibility index (Phi) is 5.16. The zero-order chi connectivity index (χ0) is 17.9. The number of rotatable bonds is 6. The number of ether oxygens (including phenoxy) is 1. The van der Waals surface area contributed by atoms with E-state index >= 15 is 0 Å². The van der Waals surface area contributed by atoms with Crippen molar-refractivity contribution in [2.24, 2.45) is 0 Å². The van der Waals surface area contributed by atoms with Crippen molar-refractivity contribution < 1.29 is 32.3 Å². The van der Waals surface area contributed by atoms with Crippen LogP contribution in [0, 0.1) is 0 Å². The average Bonchev–Trinajstić information content (AvgIpc) is 3.00. The van der Waals surface area contributed by atoms with Gasteiger partial charge in [0.05, 0.1) is 12.2 Å². The van der Waals surface area contributed by atoms with E-state index < -0.39 is 23.6 Å². The Bertz CT molecular complexity index is 724. The number of carboxylic acid groups (broad SMARTS) is 1. The lowest BCUT2D eigenvalue weighted by Gasteiger charge is -2.13. The third-order valence-corrected chi connectivity index (χ3v) is 3.37. The lowest BCUT2D eigenvalue weighted by Crippen LogP contribution is -2.08. The minimum absolute atomic E-state index is 0.0167. The standard InChI is InChI=1S/C16H16F3NO4/c1-3-6-23-10-4-5-11(12(7-10)16(17,18)19)13-8-14(24-20-13)9(2)15(21)22/h4-5,7-9H,3,6H2,1-2H3,(H,21,22). The van der Waals surface area contributed by atoms with E-state index in [2.05, 4.69) is 5.16 Å². The second kappa shape index (κ2) is 6.94. The molecule has 1 atom stereocenters. The second-order valence-electron chi connectivity index (χ2n) is 5.23. The van der Waals surface area contributed by atoms with Crippen LogP contribution in [0.5, 0.6) is 5.75 Å². The zero-order valence-corrected chi connectivity index (χ0v) is 13.1. The monoisotopic (exact) mass is 343 g/mol. The molecule has 0 aliphatic carbocycles. The molecule has 24 heavy (non-hydrogen) atoms. The third-order valence-electron chi connectivity index (χ3n) is 3.37. The molecular weight excluding hydrogens is 327 g/mol. The van der Waals surface area contributed by atoms with E-state index in [9.17, 15) is 18.0 Å². The van der Waals surface area contributed by atoms with Crippen LogP contribution in [0.4, 0.5) is 13.2 Å². The number of carbonyl (C=O) groups is 1.